The molecule has 3 N–H and O–H groups in total. The standard InChI is InChI=1S/C13H14FN3O/c1-18-10-4-2-9(3-5-10)8-17-11-6-7-16-13(14)12(11)15/h2-7H,8,15H2,1H3,(H,16,17). The Kier molecular flexibility index (Phi) is 3.62. The summed E-state index contributed by atoms with van der Waals surface area (Å²) in [5.74, 6) is 0.142. The molecular weight excluding hydrogens is 233 g/mol. The van der Waals surface area contributed by atoms with Gasteiger partial charge in [-0.05, 0) is 23.8 Å². The van der Waals surface area contributed by atoms with Gasteiger partial charge in [-0.2, -0.15) is 4.39 Å². The molecule has 0 bridgehead atoms. The maximum absolute atomic E-state index is 13.1. The van der Waals surface area contributed by atoms with Crippen molar-refractivity contribution < 1.29 is 9.13 Å². The molecular formula is C13H14FN3O. The van der Waals surface area contributed by atoms with Crippen LogP contribution in [0.3, 0.4) is 0 Å². The SMILES string of the molecule is COc1ccc(CNc2ccnc(F)c2N)cc1. The number of nitrogens with one attached hydrogen (secondary N) is 1. The van der Waals surface area contributed by atoms with Crippen LogP contribution in [0, 0.1) is 5.95 Å². The molecule has 0 saturated heterocycles. The van der Waals surface area contributed by atoms with Gasteiger partial charge in [-0.3, -0.25) is 0 Å². The third kappa shape index (κ3) is 2.68. The third-order valence-electron chi connectivity index (χ3n) is 2.58. The zero-order valence-corrected chi connectivity index (χ0v) is 9.98. The van der Waals surface area contributed by atoms with E-state index in [0.717, 1.165) is 11.3 Å². The Balaban J connectivity index is 2.04. The van der Waals surface area contributed by atoms with Gasteiger partial charge in [0.25, 0.3) is 0 Å². The highest BCUT2D eigenvalue weighted by atomic mass is 19.1. The largest absolute Gasteiger partial charge is 0.497 e. The van der Waals surface area contributed by atoms with Crippen molar-refractivity contribution in [3.8, 4) is 5.75 Å². The van der Waals surface area contributed by atoms with E-state index in [4.69, 9.17) is 10.5 Å². The summed E-state index contributed by atoms with van der Waals surface area (Å²) in [4.78, 5) is 3.47. The van der Waals surface area contributed by atoms with E-state index in [1.807, 2.05) is 24.3 Å². The second-order valence-corrected chi connectivity index (χ2v) is 3.76. The summed E-state index contributed by atoms with van der Waals surface area (Å²) in [6.45, 7) is 0.553. The van der Waals surface area contributed by atoms with Crippen LogP contribution in [0.4, 0.5) is 15.8 Å². The van der Waals surface area contributed by atoms with Gasteiger partial charge >= 0.3 is 0 Å². The highest BCUT2D eigenvalue weighted by Crippen LogP contribution is 2.20. The number of nitrogens with two attached hydrogens (primary N) is 1. The van der Waals surface area contributed by atoms with Gasteiger partial charge in [0.1, 0.15) is 11.4 Å². The van der Waals surface area contributed by atoms with Crippen molar-refractivity contribution >= 4 is 11.4 Å². The summed E-state index contributed by atoms with van der Waals surface area (Å²) in [7, 11) is 1.62. The van der Waals surface area contributed by atoms with Crippen LogP contribution >= 0.6 is 0 Å². The number of ether oxygens (including phenoxy) is 1. The quantitative estimate of drug-likeness (QED) is 0.814. The van der Waals surface area contributed by atoms with Crippen LogP contribution in [0.25, 0.3) is 0 Å². The van der Waals surface area contributed by atoms with E-state index in [1.54, 1.807) is 13.2 Å². The molecule has 0 saturated carbocycles. The topological polar surface area (TPSA) is 60.2 Å². The van der Waals surface area contributed by atoms with E-state index in [1.165, 1.54) is 6.20 Å². The highest BCUT2D eigenvalue weighted by Gasteiger charge is 2.04. The summed E-state index contributed by atoms with van der Waals surface area (Å²) >= 11 is 0. The number of halogens is 1. The Morgan fingerprint density at radius 3 is 2.67 bits per heavy atom. The molecule has 0 spiro atoms. The maximum atomic E-state index is 13.1. The first kappa shape index (κ1) is 12.2. The zero-order valence-electron chi connectivity index (χ0n) is 9.98. The molecule has 1 aromatic carbocycles. The smallest absolute Gasteiger partial charge is 0.238 e. The number of pyridine rings is 1. The maximum Gasteiger partial charge on any atom is 0.238 e. The lowest BCUT2D eigenvalue weighted by Gasteiger charge is -2.09. The Labute approximate surface area is 105 Å². The van der Waals surface area contributed by atoms with Gasteiger partial charge < -0.3 is 15.8 Å². The first-order valence-corrected chi connectivity index (χ1v) is 5.47. The Bertz CT molecular complexity index is 528. The van der Waals surface area contributed by atoms with Gasteiger partial charge in [0.05, 0.1) is 12.8 Å². The molecule has 1 heterocycles. The molecule has 0 atom stereocenters. The van der Waals surface area contributed by atoms with Crippen LogP contribution in [0.15, 0.2) is 36.5 Å². The molecule has 0 amide bonds. The summed E-state index contributed by atoms with van der Waals surface area (Å²) in [5.41, 5.74) is 7.19. The fraction of sp³-hybridized carbons (Fsp3) is 0.154. The lowest BCUT2D eigenvalue weighted by molar-refractivity contribution is 0.414. The highest BCUT2D eigenvalue weighted by molar-refractivity contribution is 5.64. The second kappa shape index (κ2) is 5.35. The van der Waals surface area contributed by atoms with Crippen molar-refractivity contribution in [3.63, 3.8) is 0 Å². The first-order chi connectivity index (χ1) is 8.70. The van der Waals surface area contributed by atoms with Crippen molar-refractivity contribution in [3.05, 3.63) is 48.0 Å². The molecule has 94 valence electrons. The molecule has 0 aliphatic rings. The van der Waals surface area contributed by atoms with E-state index in [-0.39, 0.29) is 5.69 Å². The van der Waals surface area contributed by atoms with Crippen molar-refractivity contribution in [2.75, 3.05) is 18.2 Å². The molecule has 4 nitrogen and oxygen atoms in total. The monoisotopic (exact) mass is 247 g/mol. The van der Waals surface area contributed by atoms with Crippen LogP contribution < -0.4 is 15.8 Å². The summed E-state index contributed by atoms with van der Waals surface area (Å²) in [5, 5.41) is 3.06. The predicted molar refractivity (Wildman–Crippen MR) is 68.9 cm³/mol. The molecule has 2 rings (SSSR count). The molecule has 0 unspecified atom stereocenters. The van der Waals surface area contributed by atoms with E-state index in [0.29, 0.717) is 12.2 Å². The number of aromatic nitrogens is 1. The first-order valence-electron chi connectivity index (χ1n) is 5.47. The molecule has 5 heteroatoms. The van der Waals surface area contributed by atoms with Gasteiger partial charge in [0, 0.05) is 12.7 Å². The van der Waals surface area contributed by atoms with E-state index in [2.05, 4.69) is 10.3 Å². The minimum Gasteiger partial charge on any atom is -0.497 e. The molecule has 0 radical (unpaired) electrons. The predicted octanol–water partition coefficient (Wildman–Crippen LogP) is 2.42. The van der Waals surface area contributed by atoms with Crippen LogP contribution in [-0.2, 0) is 6.54 Å². The van der Waals surface area contributed by atoms with Crippen molar-refractivity contribution in [1.29, 1.82) is 0 Å². The van der Waals surface area contributed by atoms with Crippen molar-refractivity contribution in [1.82, 2.24) is 4.98 Å². The number of methoxy groups -OCH3 is 1. The Morgan fingerprint density at radius 2 is 2.00 bits per heavy atom. The molecule has 0 aliphatic carbocycles. The fourth-order valence-corrected chi connectivity index (χ4v) is 1.54. The molecule has 0 aliphatic heterocycles. The van der Waals surface area contributed by atoms with Gasteiger partial charge in [0.15, 0.2) is 0 Å². The molecule has 18 heavy (non-hydrogen) atoms. The van der Waals surface area contributed by atoms with Gasteiger partial charge in [-0.1, -0.05) is 12.1 Å². The van der Waals surface area contributed by atoms with Crippen LogP contribution in [0.1, 0.15) is 5.56 Å². The Morgan fingerprint density at radius 1 is 1.28 bits per heavy atom. The minimum atomic E-state index is -0.658. The van der Waals surface area contributed by atoms with Gasteiger partial charge in [-0.25, -0.2) is 4.98 Å². The van der Waals surface area contributed by atoms with E-state index < -0.39 is 5.95 Å². The lowest BCUT2D eigenvalue weighted by atomic mass is 10.2. The number of nitrogen functional groups attached to an aromatic ring is 1. The number of nitrogens with zero attached hydrogens (tertiary/aromatic N) is 1. The number of hydrogen-bond acceptors (Lipinski definition) is 4. The zero-order chi connectivity index (χ0) is 13.0. The number of rotatable bonds is 4. The molecule has 1 aromatic heterocycles. The Hall–Kier alpha value is -2.30. The summed E-state index contributed by atoms with van der Waals surface area (Å²) in [6, 6.07) is 9.24. The van der Waals surface area contributed by atoms with Crippen LogP contribution in [0.5, 0.6) is 5.75 Å². The van der Waals surface area contributed by atoms with Crippen molar-refractivity contribution in [2.24, 2.45) is 0 Å². The van der Waals surface area contributed by atoms with Gasteiger partial charge in [0.2, 0.25) is 5.95 Å². The number of anilines is 2. The minimum absolute atomic E-state index is 0.0333. The van der Waals surface area contributed by atoms with E-state index >= 15 is 0 Å². The van der Waals surface area contributed by atoms with Gasteiger partial charge in [-0.15, -0.1) is 0 Å². The summed E-state index contributed by atoms with van der Waals surface area (Å²) in [6.07, 6.45) is 1.38. The molecule has 0 fully saturated rings. The average Bonchev–Trinajstić information content (AvgIpc) is 2.41. The fourth-order valence-electron chi connectivity index (χ4n) is 1.54. The van der Waals surface area contributed by atoms with Crippen molar-refractivity contribution in [2.45, 2.75) is 6.54 Å². The third-order valence-corrected chi connectivity index (χ3v) is 2.58. The van der Waals surface area contributed by atoms with E-state index in [9.17, 15) is 4.39 Å². The van der Waals surface area contributed by atoms with Crippen LogP contribution in [-0.4, -0.2) is 12.1 Å². The molecule has 2 aromatic rings. The second-order valence-electron chi connectivity index (χ2n) is 3.76. The number of hydrogen-bond donors (Lipinski definition) is 2. The lowest BCUT2D eigenvalue weighted by Crippen LogP contribution is -2.04. The number of benzene rings is 1. The summed E-state index contributed by atoms with van der Waals surface area (Å²) < 4.78 is 18.2. The normalized spacial score (nSPS) is 10.1. The average molecular weight is 247 g/mol. The van der Waals surface area contributed by atoms with Crippen LogP contribution in [0.2, 0.25) is 0 Å².